The van der Waals surface area contributed by atoms with Crippen LogP contribution in [0.4, 0.5) is 4.79 Å². The van der Waals surface area contributed by atoms with Gasteiger partial charge >= 0.3 is 6.03 Å². The number of urea groups is 1. The largest absolute Gasteiger partial charge is 0.352 e. The smallest absolute Gasteiger partial charge is 0.318 e. The van der Waals surface area contributed by atoms with Crippen LogP contribution in [0.3, 0.4) is 0 Å². The standard InChI is InChI=1S/C23H40N4O3/c1-5-6-7-8-9-10-12-19(25-23(30)26(4)17(2)3)22(29)27-16-11-13-20(27)21(28)24-18-14-15-18/h5-6,17-20H,7-16H2,1-4H3,(H,24,28)(H,25,30)/b6-5-/t19-,20-/m0/s1. The minimum Gasteiger partial charge on any atom is -0.352 e. The minimum atomic E-state index is -0.588. The molecular weight excluding hydrogens is 380 g/mol. The van der Waals surface area contributed by atoms with Gasteiger partial charge in [-0.05, 0) is 65.7 Å². The summed E-state index contributed by atoms with van der Waals surface area (Å²) in [6.45, 7) is 6.48. The lowest BCUT2D eigenvalue weighted by molar-refractivity contribution is -0.140. The van der Waals surface area contributed by atoms with Gasteiger partial charge in [-0.25, -0.2) is 4.79 Å². The molecule has 2 rings (SSSR count). The molecule has 1 heterocycles. The van der Waals surface area contributed by atoms with Crippen molar-refractivity contribution < 1.29 is 14.4 Å². The summed E-state index contributed by atoms with van der Waals surface area (Å²) >= 11 is 0. The second-order valence-electron chi connectivity index (χ2n) is 8.89. The van der Waals surface area contributed by atoms with Crippen molar-refractivity contribution in [3.05, 3.63) is 12.2 Å². The van der Waals surface area contributed by atoms with Crippen molar-refractivity contribution in [2.24, 2.45) is 0 Å². The molecule has 1 saturated carbocycles. The highest BCUT2D eigenvalue weighted by Gasteiger charge is 2.39. The average Bonchev–Trinajstić information content (AvgIpc) is 3.39. The van der Waals surface area contributed by atoms with Crippen LogP contribution in [0.15, 0.2) is 12.2 Å². The maximum absolute atomic E-state index is 13.4. The summed E-state index contributed by atoms with van der Waals surface area (Å²) in [6, 6.07) is -0.909. The summed E-state index contributed by atoms with van der Waals surface area (Å²) in [7, 11) is 1.74. The lowest BCUT2D eigenvalue weighted by atomic mass is 10.0. The highest BCUT2D eigenvalue weighted by atomic mass is 16.2. The van der Waals surface area contributed by atoms with Crippen LogP contribution in [0.2, 0.25) is 0 Å². The van der Waals surface area contributed by atoms with Crippen molar-refractivity contribution in [3.8, 4) is 0 Å². The van der Waals surface area contributed by atoms with Crippen LogP contribution >= 0.6 is 0 Å². The summed E-state index contributed by atoms with van der Waals surface area (Å²) < 4.78 is 0. The van der Waals surface area contributed by atoms with Crippen LogP contribution in [0.25, 0.3) is 0 Å². The Labute approximate surface area is 181 Å². The second-order valence-corrected chi connectivity index (χ2v) is 8.89. The topological polar surface area (TPSA) is 81.8 Å². The third-order valence-corrected chi connectivity index (χ3v) is 6.05. The fraction of sp³-hybridized carbons (Fsp3) is 0.783. The molecular formula is C23H40N4O3. The molecule has 7 nitrogen and oxygen atoms in total. The number of carbonyl (C=O) groups is 3. The molecule has 0 unspecified atom stereocenters. The molecule has 7 heteroatoms. The molecule has 30 heavy (non-hydrogen) atoms. The number of nitrogens with zero attached hydrogens (tertiary/aromatic N) is 2. The van der Waals surface area contributed by atoms with Gasteiger partial charge in [-0.15, -0.1) is 0 Å². The Morgan fingerprint density at radius 1 is 1.13 bits per heavy atom. The maximum atomic E-state index is 13.4. The number of allylic oxidation sites excluding steroid dienone is 2. The van der Waals surface area contributed by atoms with Crippen LogP contribution in [0.5, 0.6) is 0 Å². The van der Waals surface area contributed by atoms with E-state index >= 15 is 0 Å². The number of hydrogen-bond acceptors (Lipinski definition) is 3. The first-order valence-electron chi connectivity index (χ1n) is 11.6. The highest BCUT2D eigenvalue weighted by molar-refractivity contribution is 5.92. The lowest BCUT2D eigenvalue weighted by Gasteiger charge is -2.30. The molecule has 0 aromatic heterocycles. The van der Waals surface area contributed by atoms with Crippen LogP contribution in [0, 0.1) is 0 Å². The Hall–Kier alpha value is -2.05. The molecule has 2 fully saturated rings. The molecule has 0 aromatic rings. The zero-order valence-electron chi connectivity index (χ0n) is 19.2. The molecule has 0 spiro atoms. The summed E-state index contributed by atoms with van der Waals surface area (Å²) in [6.07, 6.45) is 12.4. The molecule has 1 aliphatic carbocycles. The van der Waals surface area contributed by atoms with Crippen molar-refractivity contribution in [1.82, 2.24) is 20.4 Å². The van der Waals surface area contributed by atoms with Crippen molar-refractivity contribution in [2.75, 3.05) is 13.6 Å². The summed E-state index contributed by atoms with van der Waals surface area (Å²) in [4.78, 5) is 41.9. The number of unbranched alkanes of at least 4 members (excludes halogenated alkanes) is 3. The van der Waals surface area contributed by atoms with Gasteiger partial charge in [0.1, 0.15) is 12.1 Å². The first-order valence-corrected chi connectivity index (χ1v) is 11.6. The van der Waals surface area contributed by atoms with E-state index in [0.717, 1.165) is 44.9 Å². The lowest BCUT2D eigenvalue weighted by Crippen LogP contribution is -2.55. The number of nitrogens with one attached hydrogen (secondary N) is 2. The molecule has 1 aliphatic heterocycles. The van der Waals surface area contributed by atoms with Gasteiger partial charge in [0.2, 0.25) is 11.8 Å². The first-order chi connectivity index (χ1) is 14.3. The van der Waals surface area contributed by atoms with E-state index in [1.165, 1.54) is 0 Å². The Bertz CT molecular complexity index is 616. The average molecular weight is 421 g/mol. The normalized spacial score (nSPS) is 19.9. The number of amides is 4. The molecule has 0 radical (unpaired) electrons. The van der Waals surface area contributed by atoms with Crippen molar-refractivity contribution >= 4 is 17.8 Å². The highest BCUT2D eigenvalue weighted by Crippen LogP contribution is 2.23. The Morgan fingerprint density at radius 2 is 1.87 bits per heavy atom. The van der Waals surface area contributed by atoms with Gasteiger partial charge in [0.15, 0.2) is 0 Å². The number of rotatable bonds is 11. The molecule has 0 aromatic carbocycles. The molecule has 2 atom stereocenters. The molecule has 2 aliphatic rings. The van der Waals surface area contributed by atoms with E-state index < -0.39 is 12.1 Å². The number of carbonyl (C=O) groups excluding carboxylic acids is 3. The summed E-state index contributed by atoms with van der Waals surface area (Å²) in [5, 5.41) is 5.97. The number of hydrogen-bond donors (Lipinski definition) is 2. The van der Waals surface area contributed by atoms with Crippen LogP contribution < -0.4 is 10.6 Å². The van der Waals surface area contributed by atoms with E-state index in [1.54, 1.807) is 16.8 Å². The SMILES string of the molecule is C/C=C\CCCCC[C@H](NC(=O)N(C)C(C)C)C(=O)N1CCC[C@H]1C(=O)NC1CC1. The van der Waals surface area contributed by atoms with Crippen LogP contribution in [-0.4, -0.2) is 65.4 Å². The molecule has 2 N–H and O–H groups in total. The predicted octanol–water partition coefficient (Wildman–Crippen LogP) is 3.20. The summed E-state index contributed by atoms with van der Waals surface area (Å²) in [5.41, 5.74) is 0. The molecule has 1 saturated heterocycles. The van der Waals surface area contributed by atoms with Crippen molar-refractivity contribution in [3.63, 3.8) is 0 Å². The Balaban J connectivity index is 1.99. The van der Waals surface area contributed by atoms with Gasteiger partial charge in [0, 0.05) is 25.7 Å². The van der Waals surface area contributed by atoms with E-state index in [1.807, 2.05) is 20.8 Å². The molecule has 0 bridgehead atoms. The molecule has 4 amide bonds. The zero-order valence-corrected chi connectivity index (χ0v) is 19.2. The second kappa shape index (κ2) is 12.0. The Kier molecular flexibility index (Phi) is 9.66. The summed E-state index contributed by atoms with van der Waals surface area (Å²) in [5.74, 6) is -0.165. The maximum Gasteiger partial charge on any atom is 0.318 e. The van der Waals surface area contributed by atoms with Crippen LogP contribution in [0.1, 0.15) is 78.6 Å². The Morgan fingerprint density at radius 3 is 2.50 bits per heavy atom. The van der Waals surface area contributed by atoms with E-state index in [4.69, 9.17) is 0 Å². The fourth-order valence-electron chi connectivity index (χ4n) is 3.73. The van der Waals surface area contributed by atoms with E-state index in [9.17, 15) is 14.4 Å². The van der Waals surface area contributed by atoms with E-state index in [-0.39, 0.29) is 29.9 Å². The number of likely N-dealkylation sites (tertiary alicyclic amines) is 1. The predicted molar refractivity (Wildman–Crippen MR) is 119 cm³/mol. The van der Waals surface area contributed by atoms with Gasteiger partial charge in [-0.2, -0.15) is 0 Å². The van der Waals surface area contributed by atoms with Crippen LogP contribution in [-0.2, 0) is 9.59 Å². The third-order valence-electron chi connectivity index (χ3n) is 6.05. The van der Waals surface area contributed by atoms with Gasteiger partial charge < -0.3 is 20.4 Å². The van der Waals surface area contributed by atoms with Gasteiger partial charge in [-0.3, -0.25) is 9.59 Å². The first kappa shape index (κ1) is 24.2. The van der Waals surface area contributed by atoms with Gasteiger partial charge in [0.25, 0.3) is 0 Å². The monoisotopic (exact) mass is 420 g/mol. The third kappa shape index (κ3) is 7.33. The van der Waals surface area contributed by atoms with Crippen molar-refractivity contribution in [1.29, 1.82) is 0 Å². The minimum absolute atomic E-state index is 0.0425. The quantitative estimate of drug-likeness (QED) is 0.398. The van der Waals surface area contributed by atoms with Crippen molar-refractivity contribution in [2.45, 2.75) is 103 Å². The zero-order chi connectivity index (χ0) is 22.1. The van der Waals surface area contributed by atoms with Gasteiger partial charge in [0.05, 0.1) is 0 Å². The van der Waals surface area contributed by atoms with E-state index in [2.05, 4.69) is 22.8 Å². The molecule has 170 valence electrons. The van der Waals surface area contributed by atoms with E-state index in [0.29, 0.717) is 19.4 Å². The van der Waals surface area contributed by atoms with Gasteiger partial charge in [-0.1, -0.05) is 25.0 Å². The fourth-order valence-corrected chi connectivity index (χ4v) is 3.73.